The topological polar surface area (TPSA) is 82.4 Å². The second kappa shape index (κ2) is 12.4. The first-order chi connectivity index (χ1) is 14.5. The Balaban J connectivity index is 1.80. The van der Waals surface area contributed by atoms with Crippen molar-refractivity contribution in [1.82, 2.24) is 5.32 Å². The Kier molecular flexibility index (Phi) is 9.56. The van der Waals surface area contributed by atoms with Gasteiger partial charge in [0.1, 0.15) is 0 Å². The summed E-state index contributed by atoms with van der Waals surface area (Å²) in [5.74, 6) is -0.343. The summed E-state index contributed by atoms with van der Waals surface area (Å²) in [5, 5.41) is 11.7. The van der Waals surface area contributed by atoms with E-state index >= 15 is 0 Å². The molecule has 0 aliphatic heterocycles. The highest BCUT2D eigenvalue weighted by Gasteiger charge is 2.16. The molecule has 0 spiro atoms. The third-order valence-corrected chi connectivity index (χ3v) is 4.48. The van der Waals surface area contributed by atoms with E-state index in [0.717, 1.165) is 16.8 Å². The Bertz CT molecular complexity index is 842. The number of nitrogens with one attached hydrogen (secondary N) is 1. The molecule has 0 heterocycles. The monoisotopic (exact) mass is 407 g/mol. The number of rotatable bonds is 11. The number of amides is 2. The van der Waals surface area contributed by atoms with Crippen molar-refractivity contribution in [2.24, 2.45) is 0 Å². The fraction of sp³-hybridized carbons (Fsp3) is 0.375. The predicted molar refractivity (Wildman–Crippen MR) is 116 cm³/mol. The van der Waals surface area contributed by atoms with Crippen LogP contribution >= 0.6 is 0 Å². The number of hydrogen-bond acceptors (Lipinski definition) is 4. The molecule has 0 atom stereocenters. The summed E-state index contributed by atoms with van der Waals surface area (Å²) < 4.78 is 5.57. The summed E-state index contributed by atoms with van der Waals surface area (Å²) >= 11 is 0. The largest absolute Gasteiger partial charge is 0.374 e. The van der Waals surface area contributed by atoms with Gasteiger partial charge in [0.2, 0.25) is 11.8 Å². The Morgan fingerprint density at radius 3 is 2.33 bits per heavy atom. The molecule has 6 heteroatoms. The first kappa shape index (κ1) is 23.1. The third-order valence-electron chi connectivity index (χ3n) is 4.48. The Morgan fingerprint density at radius 2 is 1.70 bits per heavy atom. The highest BCUT2D eigenvalue weighted by Crippen LogP contribution is 2.15. The Labute approximate surface area is 178 Å². The summed E-state index contributed by atoms with van der Waals surface area (Å²) in [5.41, 5.74) is 2.81. The summed E-state index contributed by atoms with van der Waals surface area (Å²) in [4.78, 5) is 26.3. The maximum absolute atomic E-state index is 12.6. The Morgan fingerprint density at radius 1 is 1.03 bits per heavy atom. The third kappa shape index (κ3) is 8.06. The number of anilines is 1. The van der Waals surface area contributed by atoms with Gasteiger partial charge in [0.05, 0.1) is 25.2 Å². The van der Waals surface area contributed by atoms with Crippen molar-refractivity contribution >= 4 is 17.5 Å². The van der Waals surface area contributed by atoms with Crippen molar-refractivity contribution in [3.8, 4) is 6.07 Å². The van der Waals surface area contributed by atoms with E-state index in [2.05, 4.69) is 11.4 Å². The van der Waals surface area contributed by atoms with Gasteiger partial charge in [-0.05, 0) is 37.1 Å². The smallest absolute Gasteiger partial charge is 0.227 e. The van der Waals surface area contributed by atoms with Gasteiger partial charge in [0, 0.05) is 31.6 Å². The fourth-order valence-electron chi connectivity index (χ4n) is 2.83. The first-order valence-electron chi connectivity index (χ1n) is 10.2. The standard InChI is InChI=1S/C24H29N3O3/c1-19(2)30-18-21-11-9-20(10-12-21)17-26-23(28)13-14-24(29)27(16-6-15-25)22-7-4-3-5-8-22/h3-5,7-12,19H,6,13-14,16-18H2,1-2H3,(H,26,28). The molecule has 0 bridgehead atoms. The van der Waals surface area contributed by atoms with Crippen LogP contribution in [-0.4, -0.2) is 24.5 Å². The van der Waals surface area contributed by atoms with Gasteiger partial charge in [-0.3, -0.25) is 9.59 Å². The lowest BCUT2D eigenvalue weighted by molar-refractivity contribution is -0.125. The summed E-state index contributed by atoms with van der Waals surface area (Å²) in [7, 11) is 0. The molecule has 2 aromatic rings. The van der Waals surface area contributed by atoms with E-state index in [1.54, 1.807) is 4.90 Å². The number of para-hydroxylation sites is 1. The van der Waals surface area contributed by atoms with Crippen LogP contribution in [0.4, 0.5) is 5.69 Å². The molecule has 0 aliphatic carbocycles. The van der Waals surface area contributed by atoms with Gasteiger partial charge in [-0.1, -0.05) is 42.5 Å². The highest BCUT2D eigenvalue weighted by molar-refractivity contribution is 5.95. The number of carbonyl (C=O) groups is 2. The normalized spacial score (nSPS) is 10.5. The first-order valence-corrected chi connectivity index (χ1v) is 10.2. The molecule has 2 aromatic carbocycles. The van der Waals surface area contributed by atoms with E-state index in [0.29, 0.717) is 19.7 Å². The zero-order chi connectivity index (χ0) is 21.8. The summed E-state index contributed by atoms with van der Waals surface area (Å²) in [6.07, 6.45) is 0.627. The zero-order valence-corrected chi connectivity index (χ0v) is 17.6. The van der Waals surface area contributed by atoms with Gasteiger partial charge in [-0.2, -0.15) is 5.26 Å². The van der Waals surface area contributed by atoms with Crippen molar-refractivity contribution in [2.45, 2.75) is 52.4 Å². The van der Waals surface area contributed by atoms with E-state index in [-0.39, 0.29) is 37.2 Å². The molecule has 2 rings (SSSR count). The van der Waals surface area contributed by atoms with E-state index < -0.39 is 0 Å². The van der Waals surface area contributed by atoms with Crippen LogP contribution < -0.4 is 10.2 Å². The number of hydrogen-bond donors (Lipinski definition) is 1. The van der Waals surface area contributed by atoms with Crippen LogP contribution in [0.5, 0.6) is 0 Å². The molecular formula is C24H29N3O3. The number of nitriles is 1. The molecule has 30 heavy (non-hydrogen) atoms. The van der Waals surface area contributed by atoms with Crippen molar-refractivity contribution < 1.29 is 14.3 Å². The van der Waals surface area contributed by atoms with E-state index in [9.17, 15) is 9.59 Å². The molecule has 6 nitrogen and oxygen atoms in total. The minimum Gasteiger partial charge on any atom is -0.374 e. The predicted octanol–water partition coefficient (Wildman–Crippen LogP) is 3.95. The molecule has 0 saturated carbocycles. The number of benzene rings is 2. The van der Waals surface area contributed by atoms with E-state index in [4.69, 9.17) is 10.00 Å². The lowest BCUT2D eigenvalue weighted by Crippen LogP contribution is -2.33. The van der Waals surface area contributed by atoms with Crippen LogP contribution in [0.3, 0.4) is 0 Å². The van der Waals surface area contributed by atoms with Gasteiger partial charge in [0.25, 0.3) is 0 Å². The van der Waals surface area contributed by atoms with E-state index in [1.165, 1.54) is 0 Å². The van der Waals surface area contributed by atoms with Crippen LogP contribution in [-0.2, 0) is 27.5 Å². The SMILES string of the molecule is CC(C)OCc1ccc(CNC(=O)CCC(=O)N(CCC#N)c2ccccc2)cc1. The minimum absolute atomic E-state index is 0.0949. The molecule has 0 saturated heterocycles. The van der Waals surface area contributed by atoms with Crippen molar-refractivity contribution in [3.63, 3.8) is 0 Å². The molecular weight excluding hydrogens is 378 g/mol. The fourth-order valence-corrected chi connectivity index (χ4v) is 2.83. The molecule has 0 unspecified atom stereocenters. The molecule has 0 aromatic heterocycles. The number of nitrogens with zero attached hydrogens (tertiary/aromatic N) is 2. The molecule has 2 amide bonds. The molecule has 0 radical (unpaired) electrons. The maximum Gasteiger partial charge on any atom is 0.227 e. The second-order valence-electron chi connectivity index (χ2n) is 7.24. The molecule has 0 fully saturated rings. The quantitative estimate of drug-likeness (QED) is 0.611. The zero-order valence-electron chi connectivity index (χ0n) is 17.6. The van der Waals surface area contributed by atoms with Crippen LogP contribution in [0.25, 0.3) is 0 Å². The van der Waals surface area contributed by atoms with Crippen molar-refractivity contribution in [2.75, 3.05) is 11.4 Å². The highest BCUT2D eigenvalue weighted by atomic mass is 16.5. The second-order valence-corrected chi connectivity index (χ2v) is 7.24. The van der Waals surface area contributed by atoms with Crippen molar-refractivity contribution in [1.29, 1.82) is 5.26 Å². The lowest BCUT2D eigenvalue weighted by atomic mass is 10.1. The van der Waals surface area contributed by atoms with E-state index in [1.807, 2.05) is 68.4 Å². The van der Waals surface area contributed by atoms with Gasteiger partial charge in [0.15, 0.2) is 0 Å². The number of carbonyl (C=O) groups excluding carboxylic acids is 2. The van der Waals surface area contributed by atoms with Crippen LogP contribution in [0, 0.1) is 11.3 Å². The van der Waals surface area contributed by atoms with Crippen LogP contribution in [0.15, 0.2) is 54.6 Å². The Hall–Kier alpha value is -3.17. The lowest BCUT2D eigenvalue weighted by Gasteiger charge is -2.21. The molecule has 0 aliphatic rings. The minimum atomic E-state index is -0.177. The maximum atomic E-state index is 12.6. The van der Waals surface area contributed by atoms with Gasteiger partial charge in [-0.15, -0.1) is 0 Å². The van der Waals surface area contributed by atoms with Gasteiger partial charge in [-0.25, -0.2) is 0 Å². The van der Waals surface area contributed by atoms with Gasteiger partial charge < -0.3 is 15.0 Å². The number of ether oxygens (including phenoxy) is 1. The van der Waals surface area contributed by atoms with Crippen LogP contribution in [0.1, 0.15) is 44.2 Å². The van der Waals surface area contributed by atoms with Crippen LogP contribution in [0.2, 0.25) is 0 Å². The average Bonchev–Trinajstić information content (AvgIpc) is 2.76. The van der Waals surface area contributed by atoms with Gasteiger partial charge >= 0.3 is 0 Å². The summed E-state index contributed by atoms with van der Waals surface area (Å²) in [6, 6.07) is 19.2. The summed E-state index contributed by atoms with van der Waals surface area (Å²) in [6.45, 7) is 5.29. The molecule has 158 valence electrons. The molecule has 1 N–H and O–H groups in total. The van der Waals surface area contributed by atoms with Crippen molar-refractivity contribution in [3.05, 3.63) is 65.7 Å². The average molecular weight is 408 g/mol.